The SMILES string of the molecule is CC(=O)CN1CCC(CCN2CCN(c3ccc(Cl)c(C(F)(F)F)c3)CC2)CC1. The molecule has 0 amide bonds. The van der Waals surface area contributed by atoms with Crippen molar-refractivity contribution in [3.63, 3.8) is 0 Å². The van der Waals surface area contributed by atoms with Crippen LogP contribution in [0.25, 0.3) is 0 Å². The Morgan fingerprint density at radius 1 is 1.07 bits per heavy atom. The summed E-state index contributed by atoms with van der Waals surface area (Å²) in [5.74, 6) is 0.922. The number of likely N-dealkylation sites (tertiary alicyclic amines) is 1. The van der Waals surface area contributed by atoms with E-state index in [9.17, 15) is 18.0 Å². The van der Waals surface area contributed by atoms with Gasteiger partial charge in [-0.15, -0.1) is 0 Å². The Morgan fingerprint density at radius 2 is 1.72 bits per heavy atom. The third kappa shape index (κ3) is 6.33. The number of nitrogens with zero attached hydrogens (tertiary/aromatic N) is 3. The van der Waals surface area contributed by atoms with Crippen LogP contribution in [0.4, 0.5) is 18.9 Å². The van der Waals surface area contributed by atoms with Crippen molar-refractivity contribution in [2.24, 2.45) is 5.92 Å². The van der Waals surface area contributed by atoms with Gasteiger partial charge in [-0.25, -0.2) is 0 Å². The van der Waals surface area contributed by atoms with E-state index in [1.54, 1.807) is 13.0 Å². The fourth-order valence-corrected chi connectivity index (χ4v) is 4.49. The highest BCUT2D eigenvalue weighted by Gasteiger charge is 2.34. The van der Waals surface area contributed by atoms with E-state index in [4.69, 9.17) is 11.6 Å². The zero-order valence-electron chi connectivity index (χ0n) is 16.8. The van der Waals surface area contributed by atoms with Gasteiger partial charge in [-0.05, 0) is 69.9 Å². The molecule has 2 fully saturated rings. The number of alkyl halides is 3. The Labute approximate surface area is 175 Å². The maximum Gasteiger partial charge on any atom is 0.417 e. The molecule has 4 nitrogen and oxygen atoms in total. The number of piperidine rings is 1. The van der Waals surface area contributed by atoms with Crippen molar-refractivity contribution < 1.29 is 18.0 Å². The molecule has 0 bridgehead atoms. The largest absolute Gasteiger partial charge is 0.417 e. The summed E-state index contributed by atoms with van der Waals surface area (Å²) in [5, 5.41) is -0.255. The van der Waals surface area contributed by atoms with Crippen molar-refractivity contribution in [3.05, 3.63) is 28.8 Å². The normalized spacial score (nSPS) is 20.2. The molecule has 0 aliphatic carbocycles. The first kappa shape index (κ1) is 22.4. The number of carbonyl (C=O) groups excluding carboxylic acids is 1. The summed E-state index contributed by atoms with van der Waals surface area (Å²) >= 11 is 5.73. The lowest BCUT2D eigenvalue weighted by Gasteiger charge is -2.37. The highest BCUT2D eigenvalue weighted by molar-refractivity contribution is 6.31. The predicted molar refractivity (Wildman–Crippen MR) is 110 cm³/mol. The molecule has 2 saturated heterocycles. The number of ketones is 1. The van der Waals surface area contributed by atoms with Gasteiger partial charge in [0.05, 0.1) is 17.1 Å². The molecule has 8 heteroatoms. The Kier molecular flexibility index (Phi) is 7.46. The first-order valence-electron chi connectivity index (χ1n) is 10.3. The second kappa shape index (κ2) is 9.67. The number of hydrogen-bond acceptors (Lipinski definition) is 4. The van der Waals surface area contributed by atoms with Crippen LogP contribution in [0.1, 0.15) is 31.7 Å². The lowest BCUT2D eigenvalue weighted by atomic mass is 9.93. The van der Waals surface area contributed by atoms with Crippen LogP contribution in [0.15, 0.2) is 18.2 Å². The molecule has 1 aromatic carbocycles. The Bertz CT molecular complexity index is 697. The smallest absolute Gasteiger partial charge is 0.369 e. The molecule has 162 valence electrons. The number of benzene rings is 1. The molecule has 0 atom stereocenters. The molecule has 2 aliphatic rings. The molecule has 2 heterocycles. The fourth-order valence-electron chi connectivity index (χ4n) is 4.27. The Hall–Kier alpha value is -1.31. The molecule has 0 N–H and O–H groups in total. The van der Waals surface area contributed by atoms with Crippen molar-refractivity contribution >= 4 is 23.1 Å². The third-order valence-corrected chi connectivity index (χ3v) is 6.33. The molecule has 0 aromatic heterocycles. The second-order valence-electron chi connectivity index (χ2n) is 8.20. The number of piperazine rings is 1. The highest BCUT2D eigenvalue weighted by atomic mass is 35.5. The third-order valence-electron chi connectivity index (χ3n) is 6.00. The first-order valence-corrected chi connectivity index (χ1v) is 10.7. The van der Waals surface area contributed by atoms with E-state index in [-0.39, 0.29) is 10.8 Å². The lowest BCUT2D eigenvalue weighted by molar-refractivity contribution is -0.137. The van der Waals surface area contributed by atoms with Crippen molar-refractivity contribution in [1.82, 2.24) is 9.80 Å². The maximum absolute atomic E-state index is 13.1. The zero-order valence-corrected chi connectivity index (χ0v) is 17.6. The van der Waals surface area contributed by atoms with Gasteiger partial charge in [0.25, 0.3) is 0 Å². The van der Waals surface area contributed by atoms with Gasteiger partial charge in [0.15, 0.2) is 0 Å². The van der Waals surface area contributed by atoms with Gasteiger partial charge in [0, 0.05) is 31.9 Å². The topological polar surface area (TPSA) is 26.8 Å². The maximum atomic E-state index is 13.1. The van der Waals surface area contributed by atoms with Crippen LogP contribution in [0.3, 0.4) is 0 Å². The molecule has 0 spiro atoms. The summed E-state index contributed by atoms with van der Waals surface area (Å²) < 4.78 is 39.3. The minimum Gasteiger partial charge on any atom is -0.369 e. The van der Waals surface area contributed by atoms with Crippen LogP contribution < -0.4 is 4.90 Å². The summed E-state index contributed by atoms with van der Waals surface area (Å²) in [7, 11) is 0. The summed E-state index contributed by atoms with van der Waals surface area (Å²) in [6.45, 7) is 8.37. The van der Waals surface area contributed by atoms with Crippen LogP contribution in [-0.2, 0) is 11.0 Å². The molecule has 3 rings (SSSR count). The van der Waals surface area contributed by atoms with Gasteiger partial charge in [-0.2, -0.15) is 13.2 Å². The van der Waals surface area contributed by atoms with Crippen molar-refractivity contribution in [1.29, 1.82) is 0 Å². The molecular formula is C21H29ClF3N3O. The number of rotatable bonds is 6. The van der Waals surface area contributed by atoms with E-state index in [1.807, 2.05) is 4.90 Å². The summed E-state index contributed by atoms with van der Waals surface area (Å²) in [6, 6.07) is 4.17. The van der Waals surface area contributed by atoms with Crippen molar-refractivity contribution in [2.75, 3.05) is 57.3 Å². The minimum absolute atomic E-state index is 0.226. The van der Waals surface area contributed by atoms with Crippen molar-refractivity contribution in [2.45, 2.75) is 32.4 Å². The number of hydrogen-bond donors (Lipinski definition) is 0. The standard InChI is InChI=1S/C21H29ClF3N3O/c1-16(29)15-27-8-5-17(6-9-27)4-7-26-10-12-28(13-11-26)18-2-3-20(22)19(14-18)21(23,24)25/h2-3,14,17H,4-13,15H2,1H3. The second-order valence-corrected chi connectivity index (χ2v) is 8.61. The van der Waals surface area contributed by atoms with Crippen LogP contribution in [-0.4, -0.2) is 67.9 Å². The van der Waals surface area contributed by atoms with E-state index in [1.165, 1.54) is 6.07 Å². The van der Waals surface area contributed by atoms with E-state index in [0.29, 0.717) is 18.2 Å². The molecule has 0 saturated carbocycles. The van der Waals surface area contributed by atoms with Gasteiger partial charge in [0.2, 0.25) is 0 Å². The number of halogens is 4. The van der Waals surface area contributed by atoms with Gasteiger partial charge < -0.3 is 4.90 Å². The molecule has 1 aromatic rings. The van der Waals surface area contributed by atoms with Crippen LogP contribution >= 0.6 is 11.6 Å². The average Bonchev–Trinajstić information content (AvgIpc) is 2.67. The van der Waals surface area contributed by atoms with Crippen LogP contribution in [0.2, 0.25) is 5.02 Å². The van der Waals surface area contributed by atoms with E-state index >= 15 is 0 Å². The monoisotopic (exact) mass is 431 g/mol. The van der Waals surface area contributed by atoms with E-state index in [2.05, 4.69) is 9.80 Å². The Morgan fingerprint density at radius 3 is 2.31 bits per heavy atom. The number of Topliss-reactive ketones (excluding diaryl/α,β-unsaturated/α-hetero) is 1. The first-order chi connectivity index (χ1) is 13.7. The minimum atomic E-state index is -4.44. The lowest BCUT2D eigenvalue weighted by Crippen LogP contribution is -2.47. The quantitative estimate of drug-likeness (QED) is 0.675. The summed E-state index contributed by atoms with van der Waals surface area (Å²) in [4.78, 5) is 17.9. The van der Waals surface area contributed by atoms with Gasteiger partial charge in [0.1, 0.15) is 5.78 Å². The predicted octanol–water partition coefficient (Wildman–Crippen LogP) is 4.17. The summed E-state index contributed by atoms with van der Waals surface area (Å²) in [6.07, 6.45) is -1.02. The number of anilines is 1. The highest BCUT2D eigenvalue weighted by Crippen LogP contribution is 2.37. The molecule has 0 unspecified atom stereocenters. The van der Waals surface area contributed by atoms with Gasteiger partial charge >= 0.3 is 6.18 Å². The van der Waals surface area contributed by atoms with E-state index in [0.717, 1.165) is 71.1 Å². The summed E-state index contributed by atoms with van der Waals surface area (Å²) in [5.41, 5.74) is -0.186. The van der Waals surface area contributed by atoms with E-state index < -0.39 is 11.7 Å². The Balaban J connectivity index is 1.43. The van der Waals surface area contributed by atoms with Crippen LogP contribution in [0, 0.1) is 5.92 Å². The number of carbonyl (C=O) groups is 1. The molecule has 2 aliphatic heterocycles. The molecule has 29 heavy (non-hydrogen) atoms. The zero-order chi connectivity index (χ0) is 21.0. The fraction of sp³-hybridized carbons (Fsp3) is 0.667. The van der Waals surface area contributed by atoms with Gasteiger partial charge in [-0.1, -0.05) is 11.6 Å². The van der Waals surface area contributed by atoms with Crippen LogP contribution in [0.5, 0.6) is 0 Å². The average molecular weight is 432 g/mol. The van der Waals surface area contributed by atoms with Crippen molar-refractivity contribution in [3.8, 4) is 0 Å². The molecule has 0 radical (unpaired) electrons. The van der Waals surface area contributed by atoms with Gasteiger partial charge in [-0.3, -0.25) is 14.6 Å². The molecular weight excluding hydrogens is 403 g/mol.